The van der Waals surface area contributed by atoms with Gasteiger partial charge in [-0.15, -0.1) is 6.42 Å². The third-order valence-corrected chi connectivity index (χ3v) is 7.15. The zero-order valence-corrected chi connectivity index (χ0v) is 18.8. The van der Waals surface area contributed by atoms with E-state index >= 15 is 0 Å². The van der Waals surface area contributed by atoms with Gasteiger partial charge in [0, 0.05) is 17.4 Å². The molecule has 3 aromatic rings. The predicted octanol–water partition coefficient (Wildman–Crippen LogP) is 3.92. The fraction of sp³-hybridized carbons (Fsp3) is 0.357. The monoisotopic (exact) mass is 440 g/mol. The highest BCUT2D eigenvalue weighted by atomic mass is 16.5. The van der Waals surface area contributed by atoms with Gasteiger partial charge in [0.25, 0.3) is 0 Å². The van der Waals surface area contributed by atoms with Gasteiger partial charge in [0.05, 0.1) is 23.4 Å². The maximum Gasteiger partial charge on any atom is 0.338 e. The van der Waals surface area contributed by atoms with E-state index in [0.717, 1.165) is 48.1 Å². The Labute approximate surface area is 194 Å². The molecular weight excluding hydrogens is 412 g/mol. The van der Waals surface area contributed by atoms with Crippen molar-refractivity contribution in [3.8, 4) is 12.3 Å². The van der Waals surface area contributed by atoms with Crippen molar-refractivity contribution in [3.05, 3.63) is 77.0 Å². The number of carbonyl (C=O) groups excluding carboxylic acids is 1. The van der Waals surface area contributed by atoms with E-state index in [-0.39, 0.29) is 17.9 Å². The molecule has 4 heterocycles. The lowest BCUT2D eigenvalue weighted by Crippen LogP contribution is -2.63. The van der Waals surface area contributed by atoms with Crippen LogP contribution in [0.3, 0.4) is 0 Å². The minimum Gasteiger partial charge on any atom is -0.462 e. The summed E-state index contributed by atoms with van der Waals surface area (Å²) in [6.45, 7) is 3.94. The molecule has 2 atom stereocenters. The summed E-state index contributed by atoms with van der Waals surface area (Å²) in [5.74, 6) is 2.62. The molecule has 3 aliphatic heterocycles. The minimum atomic E-state index is -1.16. The van der Waals surface area contributed by atoms with E-state index in [0.29, 0.717) is 24.1 Å². The SMILES string of the molecule is C#CC1N2CCC(CC2)C1(O)c1cc2ccc(C(=O)OCC)cc2nc1Cc1ccccc1. The number of esters is 1. The molecular formula is C28H28N2O3. The molecule has 2 aromatic carbocycles. The molecule has 0 spiro atoms. The molecule has 1 N–H and O–H groups in total. The number of hydrogen-bond donors (Lipinski definition) is 1. The van der Waals surface area contributed by atoms with Crippen LogP contribution in [0.25, 0.3) is 10.9 Å². The van der Waals surface area contributed by atoms with E-state index < -0.39 is 5.60 Å². The maximum atomic E-state index is 12.3. The second-order valence-electron chi connectivity index (χ2n) is 8.98. The van der Waals surface area contributed by atoms with Crippen molar-refractivity contribution in [2.24, 2.45) is 5.92 Å². The standard InChI is InChI=1S/C28H28N2O3/c1-3-26-28(32,22-12-14-30(26)15-13-22)23-17-20-10-11-21(27(31)33-4-2)18-24(20)29-25(23)16-19-8-6-5-7-9-19/h1,5-11,17-18,22,26,32H,4,12-16H2,2H3. The Morgan fingerprint density at radius 3 is 2.67 bits per heavy atom. The first-order valence-electron chi connectivity index (χ1n) is 11.6. The van der Waals surface area contributed by atoms with Crippen LogP contribution in [0.2, 0.25) is 0 Å². The summed E-state index contributed by atoms with van der Waals surface area (Å²) >= 11 is 0. The van der Waals surface area contributed by atoms with Crippen molar-refractivity contribution < 1.29 is 14.6 Å². The van der Waals surface area contributed by atoms with Crippen LogP contribution >= 0.6 is 0 Å². The van der Waals surface area contributed by atoms with Crippen LogP contribution in [0.5, 0.6) is 0 Å². The summed E-state index contributed by atoms with van der Waals surface area (Å²) in [6, 6.07) is 17.2. The number of aliphatic hydroxyl groups is 1. The molecule has 0 radical (unpaired) electrons. The summed E-state index contributed by atoms with van der Waals surface area (Å²) < 4.78 is 5.17. The van der Waals surface area contributed by atoms with Crippen molar-refractivity contribution in [3.63, 3.8) is 0 Å². The van der Waals surface area contributed by atoms with Gasteiger partial charge in [-0.05, 0) is 62.5 Å². The first-order valence-corrected chi connectivity index (χ1v) is 11.6. The molecule has 5 heteroatoms. The predicted molar refractivity (Wildman–Crippen MR) is 128 cm³/mol. The molecule has 0 saturated carbocycles. The number of pyridine rings is 1. The van der Waals surface area contributed by atoms with Crippen molar-refractivity contribution in [1.82, 2.24) is 9.88 Å². The number of carbonyl (C=O) groups is 1. The van der Waals surface area contributed by atoms with Gasteiger partial charge in [0.1, 0.15) is 11.6 Å². The van der Waals surface area contributed by atoms with Gasteiger partial charge >= 0.3 is 5.97 Å². The molecule has 168 valence electrons. The summed E-state index contributed by atoms with van der Waals surface area (Å²) in [6.07, 6.45) is 8.38. The Kier molecular flexibility index (Phi) is 5.65. The number of rotatable bonds is 5. The van der Waals surface area contributed by atoms with Crippen molar-refractivity contribution >= 4 is 16.9 Å². The van der Waals surface area contributed by atoms with Crippen LogP contribution in [0.4, 0.5) is 0 Å². The highest BCUT2D eigenvalue weighted by Crippen LogP contribution is 2.48. The molecule has 3 fully saturated rings. The number of hydrogen-bond acceptors (Lipinski definition) is 5. The number of piperidine rings is 3. The zero-order chi connectivity index (χ0) is 23.0. The summed E-state index contributed by atoms with van der Waals surface area (Å²) in [4.78, 5) is 19.5. The fourth-order valence-corrected chi connectivity index (χ4v) is 5.52. The lowest BCUT2D eigenvalue weighted by molar-refractivity contribution is -0.143. The highest BCUT2D eigenvalue weighted by molar-refractivity contribution is 5.94. The van der Waals surface area contributed by atoms with Crippen LogP contribution < -0.4 is 0 Å². The third kappa shape index (κ3) is 3.70. The quantitative estimate of drug-likeness (QED) is 0.481. The first kappa shape index (κ1) is 21.6. The molecule has 5 nitrogen and oxygen atoms in total. The van der Waals surface area contributed by atoms with E-state index in [1.165, 1.54) is 0 Å². The van der Waals surface area contributed by atoms with Gasteiger partial charge in [0.15, 0.2) is 0 Å². The Hall–Kier alpha value is -3.20. The van der Waals surface area contributed by atoms with Crippen LogP contribution in [-0.2, 0) is 16.8 Å². The van der Waals surface area contributed by atoms with Crippen molar-refractivity contribution in [2.75, 3.05) is 19.7 Å². The molecule has 0 amide bonds. The lowest BCUT2D eigenvalue weighted by atomic mass is 9.66. The topological polar surface area (TPSA) is 62.7 Å². The van der Waals surface area contributed by atoms with Crippen LogP contribution in [-0.4, -0.2) is 46.7 Å². The number of benzene rings is 2. The summed E-state index contributed by atoms with van der Waals surface area (Å²) in [5.41, 5.74) is 2.73. The Bertz CT molecular complexity index is 1230. The smallest absolute Gasteiger partial charge is 0.338 e. The normalized spacial score (nSPS) is 26.2. The molecule has 0 aliphatic carbocycles. The zero-order valence-electron chi connectivity index (χ0n) is 18.8. The van der Waals surface area contributed by atoms with E-state index in [9.17, 15) is 9.90 Å². The number of nitrogens with zero attached hydrogens (tertiary/aromatic N) is 2. The van der Waals surface area contributed by atoms with Gasteiger partial charge in [0.2, 0.25) is 0 Å². The number of terminal acetylenes is 1. The minimum absolute atomic E-state index is 0.0936. The molecule has 3 aliphatic rings. The molecule has 6 rings (SSSR count). The van der Waals surface area contributed by atoms with Gasteiger partial charge < -0.3 is 9.84 Å². The largest absolute Gasteiger partial charge is 0.462 e. The molecule has 3 saturated heterocycles. The maximum absolute atomic E-state index is 12.3. The third-order valence-electron chi connectivity index (χ3n) is 7.15. The molecule has 1 aromatic heterocycles. The van der Waals surface area contributed by atoms with Crippen LogP contribution in [0.15, 0.2) is 54.6 Å². The number of ether oxygens (including phenoxy) is 1. The number of aromatic nitrogens is 1. The highest BCUT2D eigenvalue weighted by Gasteiger charge is 2.54. The number of fused-ring (bicyclic) bond motifs is 4. The van der Waals surface area contributed by atoms with Crippen molar-refractivity contribution in [1.29, 1.82) is 0 Å². The van der Waals surface area contributed by atoms with Crippen molar-refractivity contribution in [2.45, 2.75) is 37.8 Å². The Morgan fingerprint density at radius 1 is 1.21 bits per heavy atom. The Morgan fingerprint density at radius 2 is 1.97 bits per heavy atom. The van der Waals surface area contributed by atoms with Gasteiger partial charge in [-0.3, -0.25) is 9.88 Å². The summed E-state index contributed by atoms with van der Waals surface area (Å²) in [7, 11) is 0. The second-order valence-corrected chi connectivity index (χ2v) is 8.98. The van der Waals surface area contributed by atoms with E-state index in [1.807, 2.05) is 30.3 Å². The van der Waals surface area contributed by atoms with Crippen LogP contribution in [0, 0.1) is 18.3 Å². The Balaban J connectivity index is 1.68. The van der Waals surface area contributed by atoms with Gasteiger partial charge in [-0.2, -0.15) is 0 Å². The fourth-order valence-electron chi connectivity index (χ4n) is 5.52. The molecule has 2 unspecified atom stereocenters. The van der Waals surface area contributed by atoms with E-state index in [2.05, 4.69) is 23.0 Å². The van der Waals surface area contributed by atoms with Crippen LogP contribution in [0.1, 0.15) is 46.9 Å². The van der Waals surface area contributed by atoms with E-state index in [1.54, 1.807) is 19.1 Å². The van der Waals surface area contributed by atoms with Gasteiger partial charge in [-0.1, -0.05) is 42.3 Å². The van der Waals surface area contributed by atoms with E-state index in [4.69, 9.17) is 16.1 Å². The van der Waals surface area contributed by atoms with Gasteiger partial charge in [-0.25, -0.2) is 4.79 Å². The molecule has 2 bridgehead atoms. The lowest BCUT2D eigenvalue weighted by Gasteiger charge is -2.54. The average molecular weight is 441 g/mol. The molecule has 33 heavy (non-hydrogen) atoms. The average Bonchev–Trinajstić information content (AvgIpc) is 2.84. The second kappa shape index (κ2) is 8.62. The first-order chi connectivity index (χ1) is 16.0. The summed E-state index contributed by atoms with van der Waals surface area (Å²) in [5, 5.41) is 13.1.